The van der Waals surface area contributed by atoms with E-state index >= 15 is 0 Å². The van der Waals surface area contributed by atoms with E-state index in [0.29, 0.717) is 34.2 Å². The first kappa shape index (κ1) is 17.2. The number of benzene rings is 3. The number of ether oxygens (including phenoxy) is 1. The fourth-order valence-corrected chi connectivity index (χ4v) is 4.28. The fourth-order valence-electron chi connectivity index (χ4n) is 3.09. The van der Waals surface area contributed by atoms with Gasteiger partial charge in [0.25, 0.3) is 0 Å². The molecule has 0 unspecified atom stereocenters. The minimum atomic E-state index is -1.05. The molecule has 0 atom stereocenters. The molecule has 0 radical (unpaired) electrons. The van der Waals surface area contributed by atoms with Gasteiger partial charge < -0.3 is 9.84 Å². The van der Waals surface area contributed by atoms with E-state index in [1.807, 2.05) is 42.5 Å². The predicted octanol–water partition coefficient (Wildman–Crippen LogP) is 4.73. The van der Waals surface area contributed by atoms with Gasteiger partial charge in [-0.15, -0.1) is 11.3 Å². The van der Waals surface area contributed by atoms with Gasteiger partial charge in [0, 0.05) is 16.5 Å². The number of carbonyl (C=O) groups is 1. The lowest BCUT2D eigenvalue weighted by Gasteiger charge is -2.11. The van der Waals surface area contributed by atoms with E-state index in [9.17, 15) is 14.7 Å². The van der Waals surface area contributed by atoms with Crippen LogP contribution < -0.4 is 10.2 Å². The molecule has 27 heavy (non-hydrogen) atoms. The largest absolute Gasteiger partial charge is 0.492 e. The Balaban J connectivity index is 1.81. The van der Waals surface area contributed by atoms with Gasteiger partial charge in [-0.25, -0.2) is 4.79 Å². The molecule has 4 rings (SSSR count). The van der Waals surface area contributed by atoms with Crippen LogP contribution in [0.5, 0.6) is 5.75 Å². The van der Waals surface area contributed by atoms with Crippen molar-refractivity contribution in [3.05, 3.63) is 88.1 Å². The maximum absolute atomic E-state index is 13.1. The zero-order chi connectivity index (χ0) is 18.8. The Morgan fingerprint density at radius 3 is 2.48 bits per heavy atom. The maximum atomic E-state index is 13.1. The molecular weight excluding hydrogens is 360 g/mol. The zero-order valence-electron chi connectivity index (χ0n) is 14.3. The standard InChI is InChI=1S/C22H16O4S/c23-20-15-8-4-5-9-18(15)27-21-16(22(24)25)10-11-17(19(20)21)26-13-12-14-6-2-1-3-7-14/h1-11H,12-13H2,(H,24,25). The third kappa shape index (κ3) is 3.29. The third-order valence-electron chi connectivity index (χ3n) is 4.41. The minimum absolute atomic E-state index is 0.119. The average Bonchev–Trinajstić information content (AvgIpc) is 2.68. The van der Waals surface area contributed by atoms with Crippen LogP contribution in [-0.2, 0) is 6.42 Å². The average molecular weight is 376 g/mol. The second-order valence-corrected chi connectivity index (χ2v) is 7.18. The summed E-state index contributed by atoms with van der Waals surface area (Å²) in [7, 11) is 0. The monoisotopic (exact) mass is 376 g/mol. The van der Waals surface area contributed by atoms with Gasteiger partial charge in [0.15, 0.2) is 5.43 Å². The van der Waals surface area contributed by atoms with Crippen LogP contribution in [0.2, 0.25) is 0 Å². The number of carboxylic acids is 1. The summed E-state index contributed by atoms with van der Waals surface area (Å²) in [5.41, 5.74) is 1.06. The van der Waals surface area contributed by atoms with Crippen LogP contribution in [0.1, 0.15) is 15.9 Å². The molecule has 0 fully saturated rings. The highest BCUT2D eigenvalue weighted by atomic mass is 32.1. The second-order valence-electron chi connectivity index (χ2n) is 6.13. The summed E-state index contributed by atoms with van der Waals surface area (Å²) < 4.78 is 7.11. The van der Waals surface area contributed by atoms with Gasteiger partial charge >= 0.3 is 5.97 Å². The van der Waals surface area contributed by atoms with Crippen molar-refractivity contribution in [1.29, 1.82) is 0 Å². The molecule has 0 saturated heterocycles. The molecular formula is C22H16O4S. The number of hydrogen-bond acceptors (Lipinski definition) is 4. The summed E-state index contributed by atoms with van der Waals surface area (Å²) in [5, 5.41) is 10.4. The molecule has 0 spiro atoms. The van der Waals surface area contributed by atoms with E-state index in [4.69, 9.17) is 4.74 Å². The summed E-state index contributed by atoms with van der Waals surface area (Å²) in [5.74, 6) is -0.625. The lowest BCUT2D eigenvalue weighted by atomic mass is 10.1. The molecule has 3 aromatic carbocycles. The molecule has 0 saturated carbocycles. The molecule has 0 aliphatic rings. The molecule has 1 aromatic heterocycles. The number of aromatic carboxylic acids is 1. The van der Waals surface area contributed by atoms with Crippen LogP contribution in [0.15, 0.2) is 71.5 Å². The van der Waals surface area contributed by atoms with Crippen LogP contribution in [0.4, 0.5) is 0 Å². The van der Waals surface area contributed by atoms with Crippen molar-refractivity contribution in [3.8, 4) is 5.75 Å². The maximum Gasteiger partial charge on any atom is 0.337 e. The van der Waals surface area contributed by atoms with Crippen molar-refractivity contribution in [2.45, 2.75) is 6.42 Å². The van der Waals surface area contributed by atoms with Crippen LogP contribution in [0.3, 0.4) is 0 Å². The minimum Gasteiger partial charge on any atom is -0.492 e. The highest BCUT2D eigenvalue weighted by Crippen LogP contribution is 2.33. The smallest absolute Gasteiger partial charge is 0.337 e. The van der Waals surface area contributed by atoms with Gasteiger partial charge in [-0.2, -0.15) is 0 Å². The van der Waals surface area contributed by atoms with Gasteiger partial charge in [0.05, 0.1) is 22.3 Å². The molecule has 1 N–H and O–H groups in total. The Labute approximate surface area is 159 Å². The third-order valence-corrected chi connectivity index (χ3v) is 5.62. The molecule has 0 aliphatic heterocycles. The van der Waals surface area contributed by atoms with E-state index in [-0.39, 0.29) is 11.0 Å². The van der Waals surface area contributed by atoms with E-state index in [1.54, 1.807) is 18.2 Å². The van der Waals surface area contributed by atoms with Crippen molar-refractivity contribution in [2.75, 3.05) is 6.61 Å². The van der Waals surface area contributed by atoms with Crippen LogP contribution >= 0.6 is 11.3 Å². The highest BCUT2D eigenvalue weighted by Gasteiger charge is 2.17. The molecule has 1 heterocycles. The summed E-state index contributed by atoms with van der Waals surface area (Å²) in [4.78, 5) is 24.7. The van der Waals surface area contributed by atoms with E-state index in [1.165, 1.54) is 17.4 Å². The number of carboxylic acid groups (broad SMARTS) is 1. The van der Waals surface area contributed by atoms with Gasteiger partial charge in [-0.3, -0.25) is 4.79 Å². The van der Waals surface area contributed by atoms with Crippen molar-refractivity contribution >= 4 is 37.5 Å². The number of fused-ring (bicyclic) bond motifs is 2. The zero-order valence-corrected chi connectivity index (χ0v) is 15.2. The van der Waals surface area contributed by atoms with Crippen molar-refractivity contribution in [1.82, 2.24) is 0 Å². The second kappa shape index (κ2) is 7.21. The topological polar surface area (TPSA) is 63.6 Å². The lowest BCUT2D eigenvalue weighted by Crippen LogP contribution is -2.09. The van der Waals surface area contributed by atoms with Crippen LogP contribution in [0, 0.1) is 0 Å². The summed E-state index contributed by atoms with van der Waals surface area (Å²) in [6, 6.07) is 20.2. The summed E-state index contributed by atoms with van der Waals surface area (Å²) in [6.45, 7) is 0.405. The van der Waals surface area contributed by atoms with Crippen molar-refractivity contribution < 1.29 is 14.6 Å². The molecule has 0 aliphatic carbocycles. The van der Waals surface area contributed by atoms with Gasteiger partial charge in [-0.1, -0.05) is 42.5 Å². The van der Waals surface area contributed by atoms with E-state index in [0.717, 1.165) is 10.3 Å². The normalized spacial score (nSPS) is 11.0. The fraction of sp³-hybridized carbons (Fsp3) is 0.0909. The van der Waals surface area contributed by atoms with Gasteiger partial charge in [0.2, 0.25) is 0 Å². The Morgan fingerprint density at radius 2 is 1.70 bits per heavy atom. The Hall–Kier alpha value is -3.18. The SMILES string of the molecule is O=C(O)c1ccc(OCCc2ccccc2)c2c(=O)c3ccccc3sc12. The Kier molecular flexibility index (Phi) is 4.60. The first-order valence-electron chi connectivity index (χ1n) is 8.54. The predicted molar refractivity (Wildman–Crippen MR) is 108 cm³/mol. The summed E-state index contributed by atoms with van der Waals surface area (Å²) >= 11 is 1.30. The first-order chi connectivity index (χ1) is 13.1. The van der Waals surface area contributed by atoms with Crippen LogP contribution in [-0.4, -0.2) is 17.7 Å². The molecule has 0 amide bonds. The van der Waals surface area contributed by atoms with E-state index in [2.05, 4.69) is 0 Å². The molecule has 5 heteroatoms. The first-order valence-corrected chi connectivity index (χ1v) is 9.35. The van der Waals surface area contributed by atoms with Crippen molar-refractivity contribution in [2.24, 2.45) is 0 Å². The van der Waals surface area contributed by atoms with Gasteiger partial charge in [-0.05, 0) is 29.8 Å². The molecule has 134 valence electrons. The van der Waals surface area contributed by atoms with Crippen molar-refractivity contribution in [3.63, 3.8) is 0 Å². The number of rotatable bonds is 5. The van der Waals surface area contributed by atoms with Gasteiger partial charge in [0.1, 0.15) is 5.75 Å². The Morgan fingerprint density at radius 1 is 0.963 bits per heavy atom. The molecule has 4 nitrogen and oxygen atoms in total. The summed E-state index contributed by atoms with van der Waals surface area (Å²) in [6.07, 6.45) is 0.703. The number of hydrogen-bond donors (Lipinski definition) is 1. The molecule has 4 aromatic rings. The lowest BCUT2D eigenvalue weighted by molar-refractivity contribution is 0.0699. The quantitative estimate of drug-likeness (QED) is 0.511. The Bertz CT molecular complexity index is 1200. The highest BCUT2D eigenvalue weighted by molar-refractivity contribution is 7.25. The molecule has 0 bridgehead atoms. The van der Waals surface area contributed by atoms with Crippen LogP contribution in [0.25, 0.3) is 20.2 Å². The van der Waals surface area contributed by atoms with E-state index < -0.39 is 5.97 Å².